The number of hydrogen-bond acceptors (Lipinski definition) is 15. The Morgan fingerprint density at radius 2 is 0.539 bits per heavy atom. The van der Waals surface area contributed by atoms with Gasteiger partial charge in [-0.25, -0.2) is 9.13 Å². The van der Waals surface area contributed by atoms with E-state index in [0.29, 0.717) is 31.6 Å². The number of aliphatic hydroxyl groups excluding tert-OH is 1. The van der Waals surface area contributed by atoms with E-state index in [1.807, 2.05) is 0 Å². The fourth-order valence-electron chi connectivity index (χ4n) is 10.4. The molecule has 0 bridgehead atoms. The van der Waals surface area contributed by atoms with E-state index in [9.17, 15) is 43.2 Å². The molecule has 3 N–H and O–H groups in total. The molecule has 0 aromatic rings. The zero-order valence-electron chi connectivity index (χ0n) is 58.1. The van der Waals surface area contributed by atoms with Gasteiger partial charge in [-0.1, -0.05) is 293 Å². The highest BCUT2D eigenvalue weighted by Gasteiger charge is 2.30. The van der Waals surface area contributed by atoms with Crippen LogP contribution in [0.25, 0.3) is 0 Å². The van der Waals surface area contributed by atoms with Crippen LogP contribution >= 0.6 is 15.6 Å². The van der Waals surface area contributed by atoms with Gasteiger partial charge in [0.2, 0.25) is 0 Å². The first-order chi connectivity index (χ1) is 42.7. The van der Waals surface area contributed by atoms with Crippen LogP contribution in [0, 0.1) is 23.7 Å². The summed E-state index contributed by atoms with van der Waals surface area (Å²) in [4.78, 5) is 72.5. The van der Waals surface area contributed by atoms with Crippen LogP contribution < -0.4 is 0 Å². The predicted octanol–water partition coefficient (Wildman–Crippen LogP) is 19.7. The maximum atomic E-state index is 13.0. The molecular weight excluding hydrogens is 1170 g/mol. The first-order valence-electron chi connectivity index (χ1n) is 36.3. The van der Waals surface area contributed by atoms with Crippen LogP contribution in [0.15, 0.2) is 0 Å². The Balaban J connectivity index is 5.22. The van der Waals surface area contributed by atoms with Crippen molar-refractivity contribution in [1.29, 1.82) is 0 Å². The van der Waals surface area contributed by atoms with E-state index < -0.39 is 97.5 Å². The third-order valence-corrected chi connectivity index (χ3v) is 19.1. The van der Waals surface area contributed by atoms with Gasteiger partial charge in [-0.2, -0.15) is 0 Å². The molecule has 5 unspecified atom stereocenters. The van der Waals surface area contributed by atoms with Crippen LogP contribution in [0.5, 0.6) is 0 Å². The third kappa shape index (κ3) is 60.7. The van der Waals surface area contributed by atoms with Gasteiger partial charge in [0.1, 0.15) is 19.3 Å². The van der Waals surface area contributed by atoms with Crippen LogP contribution in [0.3, 0.4) is 0 Å². The number of hydrogen-bond donors (Lipinski definition) is 3. The summed E-state index contributed by atoms with van der Waals surface area (Å²) in [6.45, 7) is 14.1. The lowest BCUT2D eigenvalue weighted by Gasteiger charge is -2.21. The Bertz CT molecular complexity index is 1770. The average molecular weight is 1310 g/mol. The van der Waals surface area contributed by atoms with Gasteiger partial charge >= 0.3 is 39.5 Å². The molecule has 0 spiro atoms. The minimum atomic E-state index is -4.95. The molecular formula is C70H136O17P2. The number of phosphoric ester groups is 2. The number of carbonyl (C=O) groups is 4. The highest BCUT2D eigenvalue weighted by atomic mass is 31.2. The number of ether oxygens (including phenoxy) is 4. The monoisotopic (exact) mass is 1310 g/mol. The Morgan fingerprint density at radius 3 is 0.798 bits per heavy atom. The Morgan fingerprint density at radius 1 is 0.315 bits per heavy atom. The minimum absolute atomic E-state index is 0.103. The van der Waals surface area contributed by atoms with Gasteiger partial charge in [-0.3, -0.25) is 37.3 Å². The largest absolute Gasteiger partial charge is 0.472 e. The molecule has 0 radical (unpaired) electrons. The SMILES string of the molecule is CCC(C)CCCCCCCCCCCCCCCCC(=O)O[C@H](COC(=O)CCCCCCCCC(C)CC)COP(=O)(O)OC[C@@H](O)COP(=O)(O)OC[C@@H](COC(=O)CCCCCCCCC(C)C)OC(=O)CCCCCCCCCCC(C)CC. The number of unbranched alkanes of at least 4 members (excludes halogenated alkanes) is 30. The first-order valence-corrected chi connectivity index (χ1v) is 39.3. The number of carbonyl (C=O) groups excluding carboxylic acids is 4. The molecule has 0 saturated carbocycles. The number of aliphatic hydroxyl groups is 1. The molecule has 0 aromatic heterocycles. The summed E-state index contributed by atoms with van der Waals surface area (Å²) in [6.07, 6.45) is 41.8. The molecule has 17 nitrogen and oxygen atoms in total. The molecule has 0 aliphatic rings. The van der Waals surface area contributed by atoms with Gasteiger partial charge in [0, 0.05) is 25.7 Å². The smallest absolute Gasteiger partial charge is 0.462 e. The molecule has 19 heteroatoms. The second-order valence-corrected chi connectivity index (χ2v) is 29.4. The van der Waals surface area contributed by atoms with Gasteiger partial charge < -0.3 is 33.8 Å². The van der Waals surface area contributed by atoms with Crippen molar-refractivity contribution in [2.75, 3.05) is 39.6 Å². The zero-order chi connectivity index (χ0) is 66.1. The second-order valence-electron chi connectivity index (χ2n) is 26.5. The number of rotatable bonds is 67. The minimum Gasteiger partial charge on any atom is -0.462 e. The van der Waals surface area contributed by atoms with Crippen LogP contribution in [0.1, 0.15) is 344 Å². The van der Waals surface area contributed by atoms with Crippen LogP contribution in [0.2, 0.25) is 0 Å². The third-order valence-electron chi connectivity index (χ3n) is 17.2. The maximum absolute atomic E-state index is 13.0. The summed E-state index contributed by atoms with van der Waals surface area (Å²) in [5.74, 6) is 0.892. The molecule has 8 atom stereocenters. The molecule has 89 heavy (non-hydrogen) atoms. The maximum Gasteiger partial charge on any atom is 0.472 e. The summed E-state index contributed by atoms with van der Waals surface area (Å²) in [5, 5.41) is 10.6. The van der Waals surface area contributed by atoms with Gasteiger partial charge in [-0.15, -0.1) is 0 Å². The van der Waals surface area contributed by atoms with Gasteiger partial charge in [0.25, 0.3) is 0 Å². The molecule has 0 aliphatic carbocycles. The van der Waals surface area contributed by atoms with E-state index in [1.165, 1.54) is 135 Å². The Hall–Kier alpha value is -1.94. The lowest BCUT2D eigenvalue weighted by molar-refractivity contribution is -0.161. The van der Waals surface area contributed by atoms with Crippen molar-refractivity contribution in [3.8, 4) is 0 Å². The van der Waals surface area contributed by atoms with Crippen molar-refractivity contribution in [3.63, 3.8) is 0 Å². The standard InChI is InChI=1S/C70H136O17P2/c1-9-61(6)47-39-31-22-18-16-14-12-13-15-17-19-24-36-44-52-69(74)86-66(57-81-68(73)51-43-35-29-27-33-41-49-63(8)11-3)59-85-89(78,79)83-55-64(71)54-82-88(76,77)84-58-65(56-80-67(72)50-42-34-28-26-30-38-46-60(4)5)87-70(75)53-45-37-25-21-20-23-32-40-48-62(7)10-2/h60-66,71H,9-59H2,1-8H3,(H,76,77)(H,78,79)/t61?,62?,63?,64-,65+,66+/m0/s1. The summed E-state index contributed by atoms with van der Waals surface area (Å²) in [5.41, 5.74) is 0. The molecule has 528 valence electrons. The van der Waals surface area contributed by atoms with Crippen molar-refractivity contribution in [2.45, 2.75) is 363 Å². The van der Waals surface area contributed by atoms with Gasteiger partial charge in [0.05, 0.1) is 26.4 Å². The van der Waals surface area contributed by atoms with Crippen molar-refractivity contribution < 1.29 is 80.2 Å². The van der Waals surface area contributed by atoms with Crippen molar-refractivity contribution in [3.05, 3.63) is 0 Å². The molecule has 0 aromatic carbocycles. The van der Waals surface area contributed by atoms with Crippen LogP contribution in [0.4, 0.5) is 0 Å². The Kier molecular flexibility index (Phi) is 58.5. The molecule has 0 aliphatic heterocycles. The highest BCUT2D eigenvalue weighted by Crippen LogP contribution is 2.45. The first kappa shape index (κ1) is 87.1. The molecule has 0 fully saturated rings. The number of esters is 4. The molecule has 0 heterocycles. The van der Waals surface area contributed by atoms with Gasteiger partial charge in [-0.05, 0) is 49.4 Å². The number of phosphoric acid groups is 2. The summed E-state index contributed by atoms with van der Waals surface area (Å²) < 4.78 is 68.2. The second kappa shape index (κ2) is 59.8. The normalized spacial score (nSPS) is 15.2. The van der Waals surface area contributed by atoms with Gasteiger partial charge in [0.15, 0.2) is 12.2 Å². The molecule has 0 saturated heterocycles. The lowest BCUT2D eigenvalue weighted by atomic mass is 9.99. The predicted molar refractivity (Wildman–Crippen MR) is 358 cm³/mol. The van der Waals surface area contributed by atoms with E-state index in [-0.39, 0.29) is 25.7 Å². The average Bonchev–Trinajstić information content (AvgIpc) is 3.69. The quantitative estimate of drug-likeness (QED) is 0.0222. The molecule has 0 rings (SSSR count). The zero-order valence-corrected chi connectivity index (χ0v) is 59.8. The summed E-state index contributed by atoms with van der Waals surface area (Å²) in [6, 6.07) is 0. The van der Waals surface area contributed by atoms with E-state index in [1.54, 1.807) is 0 Å². The van der Waals surface area contributed by atoms with Crippen molar-refractivity contribution >= 4 is 39.5 Å². The fraction of sp³-hybridized carbons (Fsp3) is 0.943. The Labute approximate surface area is 543 Å². The van der Waals surface area contributed by atoms with E-state index in [0.717, 1.165) is 120 Å². The highest BCUT2D eigenvalue weighted by molar-refractivity contribution is 7.47. The van der Waals surface area contributed by atoms with Crippen molar-refractivity contribution in [1.82, 2.24) is 0 Å². The van der Waals surface area contributed by atoms with E-state index in [4.69, 9.17) is 37.0 Å². The van der Waals surface area contributed by atoms with E-state index in [2.05, 4.69) is 55.4 Å². The van der Waals surface area contributed by atoms with E-state index >= 15 is 0 Å². The van der Waals surface area contributed by atoms with Crippen molar-refractivity contribution in [2.24, 2.45) is 23.7 Å². The topological polar surface area (TPSA) is 237 Å². The summed E-state index contributed by atoms with van der Waals surface area (Å²) in [7, 11) is -9.90. The molecule has 0 amide bonds. The lowest BCUT2D eigenvalue weighted by Crippen LogP contribution is -2.30. The van der Waals surface area contributed by atoms with Crippen LogP contribution in [-0.4, -0.2) is 96.7 Å². The fourth-order valence-corrected chi connectivity index (χ4v) is 12.0. The summed E-state index contributed by atoms with van der Waals surface area (Å²) >= 11 is 0. The van der Waals surface area contributed by atoms with Crippen LogP contribution in [-0.2, 0) is 65.4 Å².